The first-order valence-corrected chi connectivity index (χ1v) is 3.26. The van der Waals surface area contributed by atoms with E-state index < -0.39 is 0 Å². The normalized spacial score (nSPS) is 36.8. The van der Waals surface area contributed by atoms with E-state index in [1.807, 2.05) is 0 Å². The fourth-order valence-electron chi connectivity index (χ4n) is 0.983. The minimum absolute atomic E-state index is 0.0602. The molecule has 0 aromatic rings. The molecule has 1 rings (SSSR count). The van der Waals surface area contributed by atoms with E-state index in [0.717, 1.165) is 19.4 Å². The van der Waals surface area contributed by atoms with Gasteiger partial charge >= 0.3 is 0 Å². The van der Waals surface area contributed by atoms with E-state index in [1.165, 1.54) is 0 Å². The number of aliphatic hydroxyl groups excluding tert-OH is 1. The van der Waals surface area contributed by atoms with Gasteiger partial charge in [-0.25, -0.2) is 0 Å². The topological polar surface area (TPSA) is 32.3 Å². The van der Waals surface area contributed by atoms with Crippen molar-refractivity contribution >= 4 is 0 Å². The Morgan fingerprint density at radius 1 is 1.62 bits per heavy atom. The predicted octanol–water partition coefficient (Wildman–Crippen LogP) is 0.119. The van der Waals surface area contributed by atoms with Crippen molar-refractivity contribution in [3.05, 3.63) is 0 Å². The van der Waals surface area contributed by atoms with Crippen molar-refractivity contribution in [3.63, 3.8) is 0 Å². The third-order valence-corrected chi connectivity index (χ3v) is 1.70. The van der Waals surface area contributed by atoms with Crippen molar-refractivity contribution in [2.45, 2.75) is 31.9 Å². The lowest BCUT2D eigenvalue weighted by Crippen LogP contribution is -2.47. The van der Waals surface area contributed by atoms with Crippen LogP contribution in [0.25, 0.3) is 0 Å². The molecule has 1 aliphatic rings. The lowest BCUT2D eigenvalue weighted by Gasteiger charge is -2.32. The van der Waals surface area contributed by atoms with Crippen LogP contribution in [0, 0.1) is 0 Å². The maximum Gasteiger partial charge on any atom is 0.0693 e. The van der Waals surface area contributed by atoms with E-state index in [0.29, 0.717) is 6.04 Å². The molecular formula is C6H13NO. The largest absolute Gasteiger partial charge is 0.392 e. The number of hydrogen-bond donors (Lipinski definition) is 2. The average molecular weight is 115 g/mol. The smallest absolute Gasteiger partial charge is 0.0693 e. The Morgan fingerprint density at radius 2 is 2.38 bits per heavy atom. The highest BCUT2D eigenvalue weighted by Gasteiger charge is 2.26. The minimum atomic E-state index is -0.0602. The highest BCUT2D eigenvalue weighted by molar-refractivity contribution is 4.85. The zero-order chi connectivity index (χ0) is 5.98. The summed E-state index contributed by atoms with van der Waals surface area (Å²) in [5, 5.41) is 12.2. The molecule has 0 unspecified atom stereocenters. The van der Waals surface area contributed by atoms with Crippen molar-refractivity contribution < 1.29 is 5.11 Å². The van der Waals surface area contributed by atoms with Crippen LogP contribution in [0.4, 0.5) is 0 Å². The van der Waals surface area contributed by atoms with Gasteiger partial charge in [-0.05, 0) is 19.4 Å². The second-order valence-electron chi connectivity index (χ2n) is 2.31. The molecule has 0 spiro atoms. The number of nitrogens with one attached hydrogen (secondary N) is 1. The Labute approximate surface area is 49.9 Å². The first-order chi connectivity index (χ1) is 3.84. The van der Waals surface area contributed by atoms with E-state index in [2.05, 4.69) is 12.2 Å². The molecule has 1 saturated carbocycles. The standard InChI is InChI=1S/C6H13NO/c1-2-7-5-3-4-6(5)8/h5-8H,2-4H2,1H3/t5-,6-/m1/s1. The van der Waals surface area contributed by atoms with Gasteiger partial charge in [0.2, 0.25) is 0 Å². The number of aliphatic hydroxyl groups is 1. The molecular weight excluding hydrogens is 102 g/mol. The molecule has 1 aliphatic carbocycles. The molecule has 0 aromatic heterocycles. The average Bonchev–Trinajstić information content (AvgIpc) is 1.79. The first-order valence-electron chi connectivity index (χ1n) is 3.26. The molecule has 2 atom stereocenters. The van der Waals surface area contributed by atoms with Gasteiger partial charge in [0, 0.05) is 6.04 Å². The third kappa shape index (κ3) is 1.01. The monoisotopic (exact) mass is 115 g/mol. The van der Waals surface area contributed by atoms with Crippen molar-refractivity contribution in [2.75, 3.05) is 6.54 Å². The van der Waals surface area contributed by atoms with Gasteiger partial charge in [0.1, 0.15) is 0 Å². The second-order valence-corrected chi connectivity index (χ2v) is 2.31. The molecule has 0 bridgehead atoms. The van der Waals surface area contributed by atoms with Crippen LogP contribution >= 0.6 is 0 Å². The van der Waals surface area contributed by atoms with Gasteiger partial charge < -0.3 is 10.4 Å². The van der Waals surface area contributed by atoms with Crippen LogP contribution in [0.1, 0.15) is 19.8 Å². The molecule has 0 saturated heterocycles. The molecule has 0 heterocycles. The molecule has 48 valence electrons. The van der Waals surface area contributed by atoms with Crippen LogP contribution in [0.3, 0.4) is 0 Å². The molecule has 2 nitrogen and oxygen atoms in total. The van der Waals surface area contributed by atoms with E-state index in [1.54, 1.807) is 0 Å². The van der Waals surface area contributed by atoms with Gasteiger partial charge in [0.25, 0.3) is 0 Å². The molecule has 1 fully saturated rings. The molecule has 2 N–H and O–H groups in total. The number of hydrogen-bond acceptors (Lipinski definition) is 2. The second kappa shape index (κ2) is 2.46. The van der Waals surface area contributed by atoms with Crippen LogP contribution in [-0.2, 0) is 0 Å². The summed E-state index contributed by atoms with van der Waals surface area (Å²) in [6.07, 6.45) is 2.07. The van der Waals surface area contributed by atoms with Gasteiger partial charge in [0.05, 0.1) is 6.10 Å². The molecule has 0 amide bonds. The molecule has 0 aromatic carbocycles. The fraction of sp³-hybridized carbons (Fsp3) is 1.00. The minimum Gasteiger partial charge on any atom is -0.392 e. The summed E-state index contributed by atoms with van der Waals surface area (Å²) in [7, 11) is 0. The summed E-state index contributed by atoms with van der Waals surface area (Å²) in [5.74, 6) is 0. The van der Waals surface area contributed by atoms with E-state index in [4.69, 9.17) is 5.11 Å². The first kappa shape index (κ1) is 6.05. The molecule has 0 aliphatic heterocycles. The summed E-state index contributed by atoms with van der Waals surface area (Å²) >= 11 is 0. The summed E-state index contributed by atoms with van der Waals surface area (Å²) in [6, 6.07) is 0.403. The highest BCUT2D eigenvalue weighted by Crippen LogP contribution is 2.18. The van der Waals surface area contributed by atoms with Crippen LogP contribution in [0.2, 0.25) is 0 Å². The Morgan fingerprint density at radius 3 is 2.50 bits per heavy atom. The third-order valence-electron chi connectivity index (χ3n) is 1.70. The quantitative estimate of drug-likeness (QED) is 0.535. The van der Waals surface area contributed by atoms with Crippen LogP contribution in [-0.4, -0.2) is 23.8 Å². The zero-order valence-corrected chi connectivity index (χ0v) is 5.22. The SMILES string of the molecule is CCN[C@@H]1CC[C@H]1O. The summed E-state index contributed by atoms with van der Waals surface area (Å²) in [4.78, 5) is 0. The Hall–Kier alpha value is -0.0800. The van der Waals surface area contributed by atoms with Crippen LogP contribution < -0.4 is 5.32 Å². The number of rotatable bonds is 2. The Bertz CT molecular complexity index is 74.9. The van der Waals surface area contributed by atoms with Crippen molar-refractivity contribution in [2.24, 2.45) is 0 Å². The summed E-state index contributed by atoms with van der Waals surface area (Å²) < 4.78 is 0. The van der Waals surface area contributed by atoms with Gasteiger partial charge in [-0.1, -0.05) is 6.92 Å². The van der Waals surface area contributed by atoms with E-state index in [-0.39, 0.29) is 6.10 Å². The van der Waals surface area contributed by atoms with E-state index >= 15 is 0 Å². The lowest BCUT2D eigenvalue weighted by atomic mass is 9.89. The van der Waals surface area contributed by atoms with Gasteiger partial charge in [-0.15, -0.1) is 0 Å². The highest BCUT2D eigenvalue weighted by atomic mass is 16.3. The van der Waals surface area contributed by atoms with Gasteiger partial charge in [-0.3, -0.25) is 0 Å². The van der Waals surface area contributed by atoms with Crippen molar-refractivity contribution in [1.82, 2.24) is 5.32 Å². The summed E-state index contributed by atoms with van der Waals surface area (Å²) in [5.41, 5.74) is 0. The number of likely N-dealkylation sites (N-methyl/N-ethyl adjacent to an activating group) is 1. The molecule has 0 radical (unpaired) electrons. The fourth-order valence-corrected chi connectivity index (χ4v) is 0.983. The predicted molar refractivity (Wildman–Crippen MR) is 32.7 cm³/mol. The molecule has 8 heavy (non-hydrogen) atoms. The van der Waals surface area contributed by atoms with Crippen LogP contribution in [0.5, 0.6) is 0 Å². The maximum atomic E-state index is 8.98. The Kier molecular flexibility index (Phi) is 1.86. The zero-order valence-electron chi connectivity index (χ0n) is 5.22. The Balaban J connectivity index is 2.08. The van der Waals surface area contributed by atoms with Crippen molar-refractivity contribution in [3.8, 4) is 0 Å². The van der Waals surface area contributed by atoms with Crippen LogP contribution in [0.15, 0.2) is 0 Å². The van der Waals surface area contributed by atoms with Crippen molar-refractivity contribution in [1.29, 1.82) is 0 Å². The molecule has 2 heteroatoms. The maximum absolute atomic E-state index is 8.98. The van der Waals surface area contributed by atoms with E-state index in [9.17, 15) is 0 Å². The van der Waals surface area contributed by atoms with Gasteiger partial charge in [-0.2, -0.15) is 0 Å². The summed E-state index contributed by atoms with van der Waals surface area (Å²) in [6.45, 7) is 3.03. The lowest BCUT2D eigenvalue weighted by molar-refractivity contribution is 0.0511. The van der Waals surface area contributed by atoms with Gasteiger partial charge in [0.15, 0.2) is 0 Å².